The number of fused-ring (bicyclic) bond motifs is 2. The van der Waals surface area contributed by atoms with Crippen molar-refractivity contribution in [3.63, 3.8) is 0 Å². The summed E-state index contributed by atoms with van der Waals surface area (Å²) in [4.78, 5) is 3.86. The number of piperazine rings is 1. The molecule has 3 heterocycles. The lowest BCUT2D eigenvalue weighted by Gasteiger charge is -2.39. The van der Waals surface area contributed by atoms with Gasteiger partial charge in [0.05, 0.1) is 23.0 Å². The Morgan fingerprint density at radius 2 is 2.12 bits per heavy atom. The van der Waals surface area contributed by atoms with Crippen LogP contribution in [-0.4, -0.2) is 44.3 Å². The minimum absolute atomic E-state index is 0.183. The van der Waals surface area contributed by atoms with Gasteiger partial charge in [-0.05, 0) is 25.1 Å². The molecule has 2 atom stereocenters. The smallest absolute Gasteiger partial charge is 0.109 e. The van der Waals surface area contributed by atoms with Crippen LogP contribution < -0.4 is 16.0 Å². The first kappa shape index (κ1) is 15.9. The van der Waals surface area contributed by atoms with Crippen molar-refractivity contribution < 1.29 is 4.74 Å². The van der Waals surface area contributed by atoms with E-state index in [1.165, 1.54) is 15.4 Å². The Hall–Kier alpha value is -1.60. The third-order valence-electron chi connectivity index (χ3n) is 4.67. The number of hydrogen-bond donors (Lipinski definition) is 3. The molecular weight excluding hydrogens is 320 g/mol. The SMILES string of the molecule is COC[C@H]1CN(C2Nc3ccccc3Nc3sc(C)cc32)CCN1. The maximum absolute atomic E-state index is 5.35. The molecule has 24 heavy (non-hydrogen) atoms. The van der Waals surface area contributed by atoms with E-state index in [9.17, 15) is 0 Å². The lowest BCUT2D eigenvalue weighted by atomic mass is 10.1. The number of aryl methyl sites for hydroxylation is 1. The van der Waals surface area contributed by atoms with Gasteiger partial charge in [0, 0.05) is 43.2 Å². The lowest BCUT2D eigenvalue weighted by Crippen LogP contribution is -2.54. The van der Waals surface area contributed by atoms with Crippen LogP contribution in [0.3, 0.4) is 0 Å². The molecule has 0 amide bonds. The molecule has 5 nitrogen and oxygen atoms in total. The molecule has 0 aliphatic carbocycles. The molecule has 1 aromatic heterocycles. The summed E-state index contributed by atoms with van der Waals surface area (Å²) in [6.07, 6.45) is 0.183. The minimum Gasteiger partial charge on any atom is -0.383 e. The minimum atomic E-state index is 0.183. The quantitative estimate of drug-likeness (QED) is 0.799. The number of methoxy groups -OCH3 is 1. The van der Waals surface area contributed by atoms with Crippen molar-refractivity contribution in [2.75, 3.05) is 44.0 Å². The molecule has 4 rings (SSSR count). The number of ether oxygens (including phenoxy) is 1. The summed E-state index contributed by atoms with van der Waals surface area (Å²) in [6, 6.07) is 11.1. The highest BCUT2D eigenvalue weighted by molar-refractivity contribution is 7.16. The summed E-state index contributed by atoms with van der Waals surface area (Å²) >= 11 is 1.83. The van der Waals surface area contributed by atoms with Gasteiger partial charge < -0.3 is 20.7 Å². The number of nitrogens with one attached hydrogen (secondary N) is 3. The van der Waals surface area contributed by atoms with E-state index in [2.05, 4.69) is 58.1 Å². The molecule has 6 heteroatoms. The van der Waals surface area contributed by atoms with Crippen molar-refractivity contribution in [2.45, 2.75) is 19.1 Å². The number of rotatable bonds is 3. The van der Waals surface area contributed by atoms with Crippen molar-refractivity contribution in [3.05, 3.63) is 40.8 Å². The number of hydrogen-bond acceptors (Lipinski definition) is 6. The normalized spacial score (nSPS) is 23.6. The average molecular weight is 344 g/mol. The zero-order valence-electron chi connectivity index (χ0n) is 14.1. The molecule has 1 saturated heterocycles. The summed E-state index contributed by atoms with van der Waals surface area (Å²) in [5.41, 5.74) is 3.64. The lowest BCUT2D eigenvalue weighted by molar-refractivity contribution is 0.0988. The molecule has 3 N–H and O–H groups in total. The molecule has 1 fully saturated rings. The fraction of sp³-hybridized carbons (Fsp3) is 0.444. The number of para-hydroxylation sites is 2. The Balaban J connectivity index is 1.68. The standard InChI is InChI=1S/C18H24N4OS/c1-12-9-14-17(22-8-7-19-13(10-22)11-23-2)20-15-5-3-4-6-16(15)21-18(14)24-12/h3-6,9,13,17,19-21H,7-8,10-11H2,1-2H3/t13-,17?/m1/s1. The van der Waals surface area contributed by atoms with Gasteiger partial charge in [0.1, 0.15) is 6.17 Å². The van der Waals surface area contributed by atoms with Gasteiger partial charge in [-0.3, -0.25) is 4.90 Å². The monoisotopic (exact) mass is 344 g/mol. The summed E-state index contributed by atoms with van der Waals surface area (Å²) in [7, 11) is 1.77. The first-order valence-corrected chi connectivity index (χ1v) is 9.25. The van der Waals surface area contributed by atoms with Crippen LogP contribution in [0.25, 0.3) is 0 Å². The third-order valence-corrected chi connectivity index (χ3v) is 5.65. The molecule has 2 aromatic rings. The van der Waals surface area contributed by atoms with Crippen LogP contribution in [0.4, 0.5) is 16.4 Å². The van der Waals surface area contributed by atoms with E-state index in [4.69, 9.17) is 4.74 Å². The van der Waals surface area contributed by atoms with E-state index < -0.39 is 0 Å². The molecule has 0 saturated carbocycles. The zero-order chi connectivity index (χ0) is 16.5. The third kappa shape index (κ3) is 3.02. The highest BCUT2D eigenvalue weighted by Gasteiger charge is 2.31. The highest BCUT2D eigenvalue weighted by atomic mass is 32.1. The van der Waals surface area contributed by atoms with Crippen molar-refractivity contribution in [2.24, 2.45) is 0 Å². The van der Waals surface area contributed by atoms with Gasteiger partial charge in [0.2, 0.25) is 0 Å². The van der Waals surface area contributed by atoms with Crippen LogP contribution in [-0.2, 0) is 4.74 Å². The average Bonchev–Trinajstić information content (AvgIpc) is 2.87. The molecule has 0 bridgehead atoms. The largest absolute Gasteiger partial charge is 0.383 e. The van der Waals surface area contributed by atoms with E-state index in [0.717, 1.165) is 37.6 Å². The van der Waals surface area contributed by atoms with Gasteiger partial charge in [-0.25, -0.2) is 0 Å². The first-order valence-electron chi connectivity index (χ1n) is 8.44. The van der Waals surface area contributed by atoms with Crippen molar-refractivity contribution in [3.8, 4) is 0 Å². The molecule has 1 aromatic carbocycles. The predicted octanol–water partition coefficient (Wildman–Crippen LogP) is 3.14. The van der Waals surface area contributed by atoms with Crippen LogP contribution in [0.5, 0.6) is 0 Å². The van der Waals surface area contributed by atoms with E-state index in [1.54, 1.807) is 7.11 Å². The molecule has 0 spiro atoms. The van der Waals surface area contributed by atoms with E-state index in [-0.39, 0.29) is 6.17 Å². The number of nitrogens with zero attached hydrogens (tertiary/aromatic N) is 1. The van der Waals surface area contributed by atoms with E-state index in [0.29, 0.717) is 6.04 Å². The van der Waals surface area contributed by atoms with Crippen LogP contribution in [0.1, 0.15) is 16.6 Å². The molecule has 2 aliphatic rings. The van der Waals surface area contributed by atoms with E-state index >= 15 is 0 Å². The highest BCUT2D eigenvalue weighted by Crippen LogP contribution is 2.42. The molecule has 128 valence electrons. The van der Waals surface area contributed by atoms with Gasteiger partial charge >= 0.3 is 0 Å². The maximum atomic E-state index is 5.35. The van der Waals surface area contributed by atoms with Crippen LogP contribution in [0.2, 0.25) is 0 Å². The van der Waals surface area contributed by atoms with Crippen molar-refractivity contribution >= 4 is 27.7 Å². The van der Waals surface area contributed by atoms with Crippen molar-refractivity contribution in [1.29, 1.82) is 0 Å². The Labute approximate surface area is 147 Å². The molecular formula is C18H24N4OS. The Bertz CT molecular complexity index is 715. The van der Waals surface area contributed by atoms with Gasteiger partial charge in [-0.1, -0.05) is 12.1 Å². The topological polar surface area (TPSA) is 48.6 Å². The fourth-order valence-electron chi connectivity index (χ4n) is 3.59. The molecule has 0 radical (unpaired) electrons. The first-order chi connectivity index (χ1) is 11.7. The van der Waals surface area contributed by atoms with Crippen LogP contribution in [0.15, 0.2) is 30.3 Å². The summed E-state index contributed by atoms with van der Waals surface area (Å²) < 4.78 is 5.35. The van der Waals surface area contributed by atoms with Crippen LogP contribution >= 0.6 is 11.3 Å². The van der Waals surface area contributed by atoms with Gasteiger partial charge in [-0.15, -0.1) is 11.3 Å². The maximum Gasteiger partial charge on any atom is 0.109 e. The number of anilines is 3. The Morgan fingerprint density at radius 1 is 1.29 bits per heavy atom. The number of benzene rings is 1. The molecule has 2 aliphatic heterocycles. The zero-order valence-corrected chi connectivity index (χ0v) is 15.0. The summed E-state index contributed by atoms with van der Waals surface area (Å²) in [5.74, 6) is 0. The van der Waals surface area contributed by atoms with Gasteiger partial charge in [-0.2, -0.15) is 0 Å². The fourth-order valence-corrected chi connectivity index (χ4v) is 4.54. The van der Waals surface area contributed by atoms with Gasteiger partial charge in [0.15, 0.2) is 0 Å². The van der Waals surface area contributed by atoms with E-state index in [1.807, 2.05) is 11.3 Å². The molecule has 1 unspecified atom stereocenters. The second-order valence-corrected chi connectivity index (χ2v) is 7.72. The summed E-state index contributed by atoms with van der Waals surface area (Å²) in [5, 5.41) is 12.2. The Morgan fingerprint density at radius 3 is 2.96 bits per heavy atom. The van der Waals surface area contributed by atoms with Crippen LogP contribution in [0, 0.1) is 6.92 Å². The number of thiophene rings is 1. The second-order valence-electron chi connectivity index (χ2n) is 6.46. The van der Waals surface area contributed by atoms with Gasteiger partial charge in [0.25, 0.3) is 0 Å². The predicted molar refractivity (Wildman–Crippen MR) is 100 cm³/mol. The second kappa shape index (κ2) is 6.72. The van der Waals surface area contributed by atoms with Crippen molar-refractivity contribution in [1.82, 2.24) is 10.2 Å². The summed E-state index contributed by atoms with van der Waals surface area (Å²) in [6.45, 7) is 5.90. The Kier molecular flexibility index (Phi) is 4.45.